The molecule has 9 heteroatoms. The number of nitrogens with one attached hydrogen (secondary N) is 1. The first kappa shape index (κ1) is 27.2. The van der Waals surface area contributed by atoms with Gasteiger partial charge in [-0.25, -0.2) is 8.42 Å². The number of benzene rings is 2. The third-order valence-electron chi connectivity index (χ3n) is 6.42. The Labute approximate surface area is 217 Å². The predicted octanol–water partition coefficient (Wildman–Crippen LogP) is 4.39. The number of halogens is 1. The number of aryl methyl sites for hydroxylation is 1. The maximum atomic E-state index is 13.6. The Kier molecular flexibility index (Phi) is 9.35. The van der Waals surface area contributed by atoms with Crippen molar-refractivity contribution in [1.29, 1.82) is 0 Å². The summed E-state index contributed by atoms with van der Waals surface area (Å²) in [7, 11) is -3.75. The molecule has 1 fully saturated rings. The third kappa shape index (κ3) is 7.54. The molecule has 0 radical (unpaired) electrons. The molecule has 0 bridgehead atoms. The Morgan fingerprint density at radius 2 is 1.74 bits per heavy atom. The Morgan fingerprint density at radius 3 is 2.34 bits per heavy atom. The van der Waals surface area contributed by atoms with E-state index in [1.54, 1.807) is 25.1 Å². The van der Waals surface area contributed by atoms with Crippen LogP contribution in [-0.4, -0.2) is 50.0 Å². The Bertz CT molecular complexity index is 1130. The molecule has 0 heterocycles. The van der Waals surface area contributed by atoms with Gasteiger partial charge in [-0.1, -0.05) is 65.5 Å². The highest BCUT2D eigenvalue weighted by molar-refractivity contribution is 9.10. The number of carbonyl (C=O) groups is 2. The average molecular weight is 565 g/mol. The Hall–Kier alpha value is -2.39. The fourth-order valence-electron chi connectivity index (χ4n) is 4.33. The summed E-state index contributed by atoms with van der Waals surface area (Å²) < 4.78 is 27.3. The molecule has 1 N–H and O–H groups in total. The number of sulfonamides is 1. The first-order valence-electron chi connectivity index (χ1n) is 11.9. The van der Waals surface area contributed by atoms with Crippen LogP contribution in [-0.2, 0) is 26.2 Å². The van der Waals surface area contributed by atoms with Crippen molar-refractivity contribution < 1.29 is 18.0 Å². The lowest BCUT2D eigenvalue weighted by molar-refractivity contribution is -0.139. The number of nitrogens with zero attached hydrogens (tertiary/aromatic N) is 2. The predicted molar refractivity (Wildman–Crippen MR) is 143 cm³/mol. The highest BCUT2D eigenvalue weighted by Crippen LogP contribution is 2.25. The van der Waals surface area contributed by atoms with Crippen molar-refractivity contribution in [2.45, 2.75) is 64.6 Å². The van der Waals surface area contributed by atoms with E-state index >= 15 is 0 Å². The maximum Gasteiger partial charge on any atom is 0.244 e. The third-order valence-corrected chi connectivity index (χ3v) is 8.45. The molecule has 190 valence electrons. The van der Waals surface area contributed by atoms with Crippen LogP contribution in [0.2, 0.25) is 0 Å². The smallest absolute Gasteiger partial charge is 0.244 e. The van der Waals surface area contributed by atoms with Crippen LogP contribution in [0.25, 0.3) is 0 Å². The van der Waals surface area contributed by atoms with Crippen molar-refractivity contribution in [2.75, 3.05) is 17.1 Å². The Morgan fingerprint density at radius 1 is 1.09 bits per heavy atom. The van der Waals surface area contributed by atoms with Gasteiger partial charge in [-0.05, 0) is 56.0 Å². The van der Waals surface area contributed by atoms with Crippen molar-refractivity contribution in [1.82, 2.24) is 10.2 Å². The molecular formula is C26H34BrN3O4S. The largest absolute Gasteiger partial charge is 0.352 e. The summed E-state index contributed by atoms with van der Waals surface area (Å²) in [4.78, 5) is 28.2. The van der Waals surface area contributed by atoms with Crippen molar-refractivity contribution in [3.63, 3.8) is 0 Å². The van der Waals surface area contributed by atoms with Crippen LogP contribution in [0, 0.1) is 6.92 Å². The topological polar surface area (TPSA) is 86.8 Å². The molecule has 2 amide bonds. The molecule has 0 aromatic heterocycles. The van der Waals surface area contributed by atoms with Gasteiger partial charge < -0.3 is 10.2 Å². The molecular weight excluding hydrogens is 530 g/mol. The van der Waals surface area contributed by atoms with E-state index in [0.717, 1.165) is 51.8 Å². The van der Waals surface area contributed by atoms with Crippen LogP contribution < -0.4 is 9.62 Å². The molecule has 2 aromatic carbocycles. The molecule has 35 heavy (non-hydrogen) atoms. The lowest BCUT2D eigenvalue weighted by atomic mass is 9.95. The van der Waals surface area contributed by atoms with E-state index in [1.807, 2.05) is 37.3 Å². The molecule has 0 spiro atoms. The number of hydrogen-bond acceptors (Lipinski definition) is 4. The zero-order chi connectivity index (χ0) is 25.6. The van der Waals surface area contributed by atoms with E-state index in [9.17, 15) is 18.0 Å². The van der Waals surface area contributed by atoms with Crippen LogP contribution in [0.1, 0.15) is 50.2 Å². The molecule has 2 aromatic rings. The first-order valence-corrected chi connectivity index (χ1v) is 14.6. The molecule has 1 aliphatic carbocycles. The van der Waals surface area contributed by atoms with Gasteiger partial charge in [-0.2, -0.15) is 0 Å². The van der Waals surface area contributed by atoms with Gasteiger partial charge in [-0.3, -0.25) is 13.9 Å². The van der Waals surface area contributed by atoms with Gasteiger partial charge in [0, 0.05) is 17.1 Å². The lowest BCUT2D eigenvalue weighted by Gasteiger charge is -2.33. The fourth-order valence-corrected chi connectivity index (χ4v) is 5.42. The quantitative estimate of drug-likeness (QED) is 0.490. The van der Waals surface area contributed by atoms with Crippen LogP contribution in [0.15, 0.2) is 53.0 Å². The second-order valence-electron chi connectivity index (χ2n) is 9.23. The minimum Gasteiger partial charge on any atom is -0.352 e. The molecule has 3 rings (SSSR count). The molecule has 0 aliphatic heterocycles. The van der Waals surface area contributed by atoms with E-state index < -0.39 is 28.5 Å². The second-order valence-corrected chi connectivity index (χ2v) is 12.0. The molecule has 1 saturated carbocycles. The molecule has 1 atom stereocenters. The lowest BCUT2D eigenvalue weighted by Crippen LogP contribution is -2.52. The van der Waals surface area contributed by atoms with Gasteiger partial charge in [0.1, 0.15) is 12.6 Å². The van der Waals surface area contributed by atoms with Crippen LogP contribution >= 0.6 is 15.9 Å². The monoisotopic (exact) mass is 563 g/mol. The highest BCUT2D eigenvalue weighted by Gasteiger charge is 2.31. The van der Waals surface area contributed by atoms with Crippen LogP contribution in [0.3, 0.4) is 0 Å². The van der Waals surface area contributed by atoms with Gasteiger partial charge >= 0.3 is 0 Å². The standard InChI is InChI=1S/C26H34BrN3O4S/c1-19-16-23(14-15-24(19)27)30(35(3,33)34)18-25(31)29(17-21-10-6-4-7-11-21)20(2)26(32)28-22-12-8-5-9-13-22/h4,6-7,10-11,14-16,20,22H,5,8-9,12-13,17-18H2,1-3H3,(H,28,32)/t20-/m1/s1. The molecule has 7 nitrogen and oxygen atoms in total. The van der Waals surface area contributed by atoms with Gasteiger partial charge in [-0.15, -0.1) is 0 Å². The number of anilines is 1. The van der Waals surface area contributed by atoms with E-state index in [2.05, 4.69) is 21.2 Å². The van der Waals surface area contributed by atoms with Gasteiger partial charge in [0.25, 0.3) is 0 Å². The fraction of sp³-hybridized carbons (Fsp3) is 0.462. The SMILES string of the molecule is Cc1cc(N(CC(=O)N(Cc2ccccc2)[C@H](C)C(=O)NC2CCCCC2)S(C)(=O)=O)ccc1Br. The summed E-state index contributed by atoms with van der Waals surface area (Å²) in [6, 6.07) is 13.9. The van der Waals surface area contributed by atoms with Crippen molar-refractivity contribution in [3.8, 4) is 0 Å². The molecule has 1 aliphatic rings. The molecule has 0 unspecified atom stereocenters. The molecule has 0 saturated heterocycles. The summed E-state index contributed by atoms with van der Waals surface area (Å²) in [5, 5.41) is 3.10. The highest BCUT2D eigenvalue weighted by atomic mass is 79.9. The number of amides is 2. The Balaban J connectivity index is 1.86. The average Bonchev–Trinajstić information content (AvgIpc) is 2.83. The van der Waals surface area contributed by atoms with E-state index in [4.69, 9.17) is 0 Å². The van der Waals surface area contributed by atoms with Crippen LogP contribution in [0.4, 0.5) is 5.69 Å². The summed E-state index contributed by atoms with van der Waals surface area (Å²) in [5.41, 5.74) is 2.12. The summed E-state index contributed by atoms with van der Waals surface area (Å²) in [6.07, 6.45) is 6.31. The van der Waals surface area contributed by atoms with Gasteiger partial charge in [0.15, 0.2) is 0 Å². The van der Waals surface area contributed by atoms with E-state index in [-0.39, 0.29) is 18.5 Å². The first-order chi connectivity index (χ1) is 16.6. The van der Waals surface area contributed by atoms with E-state index in [0.29, 0.717) is 5.69 Å². The van der Waals surface area contributed by atoms with Crippen molar-refractivity contribution in [3.05, 3.63) is 64.1 Å². The van der Waals surface area contributed by atoms with Gasteiger partial charge in [0.2, 0.25) is 21.8 Å². The number of carbonyl (C=O) groups excluding carboxylic acids is 2. The second kappa shape index (κ2) is 12.0. The summed E-state index contributed by atoms with van der Waals surface area (Å²) in [5.74, 6) is -0.655. The minimum atomic E-state index is -3.75. The number of hydrogen-bond donors (Lipinski definition) is 1. The van der Waals surface area contributed by atoms with Crippen LogP contribution in [0.5, 0.6) is 0 Å². The summed E-state index contributed by atoms with van der Waals surface area (Å²) in [6.45, 7) is 3.37. The van der Waals surface area contributed by atoms with Crippen molar-refractivity contribution >= 4 is 43.5 Å². The summed E-state index contributed by atoms with van der Waals surface area (Å²) >= 11 is 3.43. The van der Waals surface area contributed by atoms with E-state index in [1.165, 1.54) is 11.3 Å². The maximum absolute atomic E-state index is 13.6. The zero-order valence-electron chi connectivity index (χ0n) is 20.5. The number of rotatable bonds is 9. The zero-order valence-corrected chi connectivity index (χ0v) is 22.9. The normalized spacial score (nSPS) is 15.3. The van der Waals surface area contributed by atoms with Crippen molar-refractivity contribution in [2.24, 2.45) is 0 Å². The minimum absolute atomic E-state index is 0.116. The van der Waals surface area contributed by atoms with Gasteiger partial charge in [0.05, 0.1) is 11.9 Å².